The normalized spacial score (nSPS) is 18.3. The summed E-state index contributed by atoms with van der Waals surface area (Å²) in [7, 11) is 0. The summed E-state index contributed by atoms with van der Waals surface area (Å²) in [6, 6.07) is 9.69. The summed E-state index contributed by atoms with van der Waals surface area (Å²) < 4.78 is 0. The number of carbonyl (C=O) groups excluding carboxylic acids is 3. The number of nitrogens with one attached hydrogen (secondary N) is 3. The molecule has 0 radical (unpaired) electrons. The molecule has 0 bridgehead atoms. The third kappa shape index (κ3) is 4.90. The van der Waals surface area contributed by atoms with Crippen LogP contribution in [0.4, 0.5) is 5.69 Å². The van der Waals surface area contributed by atoms with Crippen LogP contribution in [-0.2, 0) is 28.9 Å². The van der Waals surface area contributed by atoms with E-state index < -0.39 is 0 Å². The number of fused-ring (bicyclic) bond motifs is 2. The van der Waals surface area contributed by atoms with E-state index in [9.17, 15) is 14.4 Å². The molecule has 1 unspecified atom stereocenters. The van der Waals surface area contributed by atoms with Crippen LogP contribution >= 0.6 is 11.3 Å². The summed E-state index contributed by atoms with van der Waals surface area (Å²) in [5.41, 5.74) is 8.23. The van der Waals surface area contributed by atoms with E-state index in [2.05, 4.69) is 16.2 Å². The van der Waals surface area contributed by atoms with Gasteiger partial charge in [0, 0.05) is 22.9 Å². The Morgan fingerprint density at radius 1 is 1.03 bits per heavy atom. The number of hydrogen-bond donors (Lipinski definition) is 3. The Hall–Kier alpha value is -2.67. The minimum absolute atomic E-state index is 0.0541. The summed E-state index contributed by atoms with van der Waals surface area (Å²) in [4.78, 5) is 38.9. The predicted octanol–water partition coefficient (Wildman–Crippen LogP) is 3.76. The van der Waals surface area contributed by atoms with Gasteiger partial charge in [-0.15, -0.1) is 11.3 Å². The lowest BCUT2D eigenvalue weighted by Crippen LogP contribution is -2.41. The van der Waals surface area contributed by atoms with Crippen LogP contribution in [0.2, 0.25) is 0 Å². The van der Waals surface area contributed by atoms with Crippen LogP contribution in [0.3, 0.4) is 0 Å². The van der Waals surface area contributed by atoms with E-state index in [1.807, 2.05) is 30.3 Å². The second-order valence-electron chi connectivity index (χ2n) is 8.06. The summed E-state index contributed by atoms with van der Waals surface area (Å²) in [5, 5.41) is 2.90. The zero-order valence-electron chi connectivity index (χ0n) is 17.0. The van der Waals surface area contributed by atoms with Gasteiger partial charge in [0.25, 0.3) is 5.91 Å². The summed E-state index contributed by atoms with van der Waals surface area (Å²) in [6.07, 6.45) is 8.14. The molecule has 0 spiro atoms. The maximum absolute atomic E-state index is 12.5. The lowest BCUT2D eigenvalue weighted by Gasteiger charge is -2.24. The second kappa shape index (κ2) is 9.43. The highest BCUT2D eigenvalue weighted by atomic mass is 32.1. The van der Waals surface area contributed by atoms with Crippen LogP contribution in [0.1, 0.15) is 64.2 Å². The largest absolute Gasteiger partial charge is 0.326 e. The number of aryl methyl sites for hydroxylation is 2. The Kier molecular flexibility index (Phi) is 6.47. The number of anilines is 1. The monoisotopic (exact) mass is 425 g/mol. The van der Waals surface area contributed by atoms with Crippen LogP contribution in [0, 0.1) is 5.92 Å². The lowest BCUT2D eigenvalue weighted by molar-refractivity contribution is -0.123. The fraction of sp³-hybridized carbons (Fsp3) is 0.435. The van der Waals surface area contributed by atoms with Gasteiger partial charge < -0.3 is 5.32 Å². The van der Waals surface area contributed by atoms with Crippen molar-refractivity contribution in [3.8, 4) is 0 Å². The molecule has 0 saturated carbocycles. The third-order valence-electron chi connectivity index (χ3n) is 5.87. The van der Waals surface area contributed by atoms with E-state index in [0.29, 0.717) is 17.7 Å². The molecular weight excluding hydrogens is 398 g/mol. The number of hydrogen-bond acceptors (Lipinski definition) is 4. The van der Waals surface area contributed by atoms with Gasteiger partial charge in [-0.05, 0) is 61.8 Å². The molecule has 2 aliphatic rings. The predicted molar refractivity (Wildman–Crippen MR) is 117 cm³/mol. The van der Waals surface area contributed by atoms with Gasteiger partial charge >= 0.3 is 0 Å². The van der Waals surface area contributed by atoms with E-state index in [1.54, 1.807) is 0 Å². The van der Waals surface area contributed by atoms with Crippen molar-refractivity contribution < 1.29 is 14.4 Å². The fourth-order valence-electron chi connectivity index (χ4n) is 4.16. The third-order valence-corrected chi connectivity index (χ3v) is 7.10. The molecule has 3 amide bonds. The topological polar surface area (TPSA) is 87.3 Å². The molecule has 7 heteroatoms. The number of hydrazine groups is 1. The summed E-state index contributed by atoms with van der Waals surface area (Å²) in [6.45, 7) is 0. The van der Waals surface area contributed by atoms with E-state index in [-0.39, 0.29) is 30.1 Å². The Morgan fingerprint density at radius 3 is 2.70 bits per heavy atom. The first-order chi connectivity index (χ1) is 14.6. The first kappa shape index (κ1) is 20.6. The molecule has 6 nitrogen and oxygen atoms in total. The summed E-state index contributed by atoms with van der Waals surface area (Å²) in [5.74, 6) is -0.853. The van der Waals surface area contributed by atoms with Crippen LogP contribution in [0.15, 0.2) is 30.3 Å². The van der Waals surface area contributed by atoms with Crippen molar-refractivity contribution in [2.45, 2.75) is 57.8 Å². The van der Waals surface area contributed by atoms with Gasteiger partial charge in [-0.2, -0.15) is 0 Å². The maximum atomic E-state index is 12.5. The van der Waals surface area contributed by atoms with Gasteiger partial charge in [-0.3, -0.25) is 25.2 Å². The molecule has 1 aromatic heterocycles. The molecule has 1 atom stereocenters. The molecule has 1 aliphatic carbocycles. The van der Waals surface area contributed by atoms with Gasteiger partial charge in [0.05, 0.1) is 4.88 Å². The highest BCUT2D eigenvalue weighted by molar-refractivity contribution is 7.14. The molecule has 158 valence electrons. The average Bonchev–Trinajstić information content (AvgIpc) is 3.12. The number of rotatable bonds is 4. The van der Waals surface area contributed by atoms with Crippen molar-refractivity contribution in [2.24, 2.45) is 5.92 Å². The molecule has 2 aromatic rings. The molecule has 1 aromatic carbocycles. The van der Waals surface area contributed by atoms with E-state index in [0.717, 1.165) is 24.1 Å². The molecule has 0 fully saturated rings. The Balaban J connectivity index is 1.25. The van der Waals surface area contributed by atoms with Crippen molar-refractivity contribution in [1.29, 1.82) is 0 Å². The molecule has 0 saturated heterocycles. The van der Waals surface area contributed by atoms with Crippen molar-refractivity contribution in [3.05, 3.63) is 51.2 Å². The molecule has 3 N–H and O–H groups in total. The van der Waals surface area contributed by atoms with E-state index in [4.69, 9.17) is 0 Å². The van der Waals surface area contributed by atoms with Crippen LogP contribution in [0.25, 0.3) is 0 Å². The van der Waals surface area contributed by atoms with Crippen molar-refractivity contribution in [3.63, 3.8) is 0 Å². The van der Waals surface area contributed by atoms with Crippen LogP contribution in [-0.4, -0.2) is 17.7 Å². The van der Waals surface area contributed by atoms with E-state index in [1.165, 1.54) is 47.5 Å². The van der Waals surface area contributed by atoms with Gasteiger partial charge in [0.1, 0.15) is 0 Å². The minimum Gasteiger partial charge on any atom is -0.326 e. The average molecular weight is 426 g/mol. The smallest absolute Gasteiger partial charge is 0.279 e. The second-order valence-corrected chi connectivity index (χ2v) is 9.20. The highest BCUT2D eigenvalue weighted by Gasteiger charge is 2.26. The minimum atomic E-state index is -0.287. The molecule has 4 rings (SSSR count). The SMILES string of the molecule is O=C(CCC1Cc2ccccc2NC1=O)NNC(=O)c1cc2c(s1)CCCCCC2. The molecule has 2 heterocycles. The number of thiophene rings is 1. The molecule has 1 aliphatic heterocycles. The maximum Gasteiger partial charge on any atom is 0.279 e. The molecular formula is C23H27N3O3S. The highest BCUT2D eigenvalue weighted by Crippen LogP contribution is 2.29. The molecule has 30 heavy (non-hydrogen) atoms. The quantitative estimate of drug-likeness (QED) is 0.652. The zero-order chi connectivity index (χ0) is 20.9. The van der Waals surface area contributed by atoms with Crippen molar-refractivity contribution in [1.82, 2.24) is 10.9 Å². The first-order valence-electron chi connectivity index (χ1n) is 10.7. The van der Waals surface area contributed by atoms with Gasteiger partial charge in [-0.1, -0.05) is 31.0 Å². The number of para-hydroxylation sites is 1. The van der Waals surface area contributed by atoms with Crippen LogP contribution in [0.5, 0.6) is 0 Å². The summed E-state index contributed by atoms with van der Waals surface area (Å²) >= 11 is 1.53. The van der Waals surface area contributed by atoms with Crippen molar-refractivity contribution >= 4 is 34.7 Å². The number of benzene rings is 1. The Morgan fingerprint density at radius 2 is 1.83 bits per heavy atom. The first-order valence-corrected chi connectivity index (χ1v) is 11.5. The van der Waals surface area contributed by atoms with Gasteiger partial charge in [-0.25, -0.2) is 0 Å². The lowest BCUT2D eigenvalue weighted by atomic mass is 9.89. The van der Waals surface area contributed by atoms with Gasteiger partial charge in [0.2, 0.25) is 11.8 Å². The van der Waals surface area contributed by atoms with Crippen LogP contribution < -0.4 is 16.2 Å². The Labute approximate surface area is 180 Å². The van der Waals surface area contributed by atoms with Gasteiger partial charge in [0.15, 0.2) is 0 Å². The van der Waals surface area contributed by atoms with Crippen molar-refractivity contribution in [2.75, 3.05) is 5.32 Å². The standard InChI is InChI=1S/C23H27N3O3S/c27-21(12-11-17-13-15-7-5-6-9-18(15)24-22(17)28)25-26-23(29)20-14-16-8-3-1-2-4-10-19(16)30-20/h5-7,9,14,17H,1-4,8,10-13H2,(H,24,28)(H,25,27)(H,26,29). The Bertz CT molecular complexity index is 927. The number of amides is 3. The fourth-order valence-corrected chi connectivity index (χ4v) is 5.31. The number of carbonyl (C=O) groups is 3. The van der Waals surface area contributed by atoms with E-state index >= 15 is 0 Å². The zero-order valence-corrected chi connectivity index (χ0v) is 17.8.